The summed E-state index contributed by atoms with van der Waals surface area (Å²) in [7, 11) is 0. The molecule has 0 aliphatic heterocycles. The van der Waals surface area contributed by atoms with Gasteiger partial charge in [0.25, 0.3) is 5.92 Å². The molecule has 8 heteroatoms. The number of aromatic nitrogens is 2. The molecule has 1 aromatic carbocycles. The topological polar surface area (TPSA) is 46.9 Å². The maximum absolute atomic E-state index is 13.9. The van der Waals surface area contributed by atoms with E-state index < -0.39 is 34.8 Å². The molecule has 4 nitrogen and oxygen atoms in total. The van der Waals surface area contributed by atoms with Gasteiger partial charge in [0.15, 0.2) is 5.82 Å². The maximum Gasteiger partial charge on any atom is 0.266 e. The van der Waals surface area contributed by atoms with E-state index in [4.69, 9.17) is 0 Å². The van der Waals surface area contributed by atoms with Crippen LogP contribution in [0, 0.1) is 23.0 Å². The Balaban J connectivity index is 1.43. The zero-order valence-corrected chi connectivity index (χ0v) is 13.1. The van der Waals surface area contributed by atoms with Crippen LogP contribution >= 0.6 is 0 Å². The Morgan fingerprint density at radius 2 is 1.92 bits per heavy atom. The Labute approximate surface area is 140 Å². The van der Waals surface area contributed by atoms with Gasteiger partial charge in [-0.15, -0.1) is 0 Å². The van der Waals surface area contributed by atoms with Gasteiger partial charge in [0.2, 0.25) is 5.91 Å². The number of imidazole rings is 1. The van der Waals surface area contributed by atoms with Gasteiger partial charge in [0.1, 0.15) is 17.6 Å². The number of rotatable bonds is 4. The van der Waals surface area contributed by atoms with E-state index in [-0.39, 0.29) is 12.4 Å². The highest BCUT2D eigenvalue weighted by atomic mass is 19.3. The van der Waals surface area contributed by atoms with Gasteiger partial charge in [-0.2, -0.15) is 0 Å². The van der Waals surface area contributed by atoms with Crippen LogP contribution in [0.25, 0.3) is 0 Å². The number of hydrogen-bond donors (Lipinski definition) is 1. The third-order valence-corrected chi connectivity index (χ3v) is 5.18. The average molecular weight is 353 g/mol. The summed E-state index contributed by atoms with van der Waals surface area (Å²) in [4.78, 5) is 16.1. The SMILES string of the molecule is O=C(Nc1cn(Cc2cc(F)cc(F)c2)cn1)[C@H]1C(F)(F)C12CCC2. The Morgan fingerprint density at radius 3 is 2.48 bits per heavy atom. The lowest BCUT2D eigenvalue weighted by Crippen LogP contribution is -2.23. The molecular formula is C17H15F4N3O. The van der Waals surface area contributed by atoms with E-state index in [1.54, 1.807) is 0 Å². The third kappa shape index (κ3) is 2.51. The molecule has 1 aromatic heterocycles. The zero-order valence-electron chi connectivity index (χ0n) is 13.1. The van der Waals surface area contributed by atoms with Gasteiger partial charge in [0, 0.05) is 18.8 Å². The molecule has 0 bridgehead atoms. The molecule has 0 radical (unpaired) electrons. The first-order valence-electron chi connectivity index (χ1n) is 7.97. The fraction of sp³-hybridized carbons (Fsp3) is 0.412. The predicted molar refractivity (Wildman–Crippen MR) is 81.0 cm³/mol. The second-order valence-electron chi connectivity index (χ2n) is 6.76. The normalized spacial score (nSPS) is 22.5. The van der Waals surface area contributed by atoms with Gasteiger partial charge in [-0.25, -0.2) is 22.5 Å². The van der Waals surface area contributed by atoms with E-state index in [1.807, 2.05) is 0 Å². The first-order chi connectivity index (χ1) is 11.8. The van der Waals surface area contributed by atoms with Crippen molar-refractivity contribution in [1.29, 1.82) is 0 Å². The largest absolute Gasteiger partial charge is 0.331 e. The summed E-state index contributed by atoms with van der Waals surface area (Å²) in [5, 5.41) is 2.41. The van der Waals surface area contributed by atoms with Crippen molar-refractivity contribution >= 4 is 11.7 Å². The monoisotopic (exact) mass is 353 g/mol. The highest BCUT2D eigenvalue weighted by molar-refractivity contribution is 5.96. The van der Waals surface area contributed by atoms with Gasteiger partial charge in [0.05, 0.1) is 11.7 Å². The first-order valence-corrected chi connectivity index (χ1v) is 7.97. The number of carbonyl (C=O) groups is 1. The number of hydrogen-bond acceptors (Lipinski definition) is 2. The van der Waals surface area contributed by atoms with E-state index in [2.05, 4.69) is 10.3 Å². The lowest BCUT2D eigenvalue weighted by atomic mass is 9.79. The summed E-state index contributed by atoms with van der Waals surface area (Å²) < 4.78 is 55.6. The molecule has 2 saturated carbocycles. The Kier molecular flexibility index (Phi) is 3.42. The molecule has 1 amide bonds. The number of benzene rings is 1. The molecule has 132 valence electrons. The quantitative estimate of drug-likeness (QED) is 0.854. The fourth-order valence-electron chi connectivity index (χ4n) is 3.73. The van der Waals surface area contributed by atoms with Crippen molar-refractivity contribution in [2.45, 2.75) is 31.7 Å². The summed E-state index contributed by atoms with van der Waals surface area (Å²) in [6, 6.07) is 3.15. The number of nitrogens with one attached hydrogen (secondary N) is 1. The molecule has 4 rings (SSSR count). The van der Waals surface area contributed by atoms with E-state index in [9.17, 15) is 22.4 Å². The fourth-order valence-corrected chi connectivity index (χ4v) is 3.73. The van der Waals surface area contributed by atoms with Crippen molar-refractivity contribution in [2.24, 2.45) is 11.3 Å². The van der Waals surface area contributed by atoms with Crippen LogP contribution in [0.1, 0.15) is 24.8 Å². The summed E-state index contributed by atoms with van der Waals surface area (Å²) in [5.74, 6) is -6.21. The first kappa shape index (κ1) is 16.1. The van der Waals surface area contributed by atoms with Crippen LogP contribution in [0.5, 0.6) is 0 Å². The Bertz CT molecular complexity index is 824. The van der Waals surface area contributed by atoms with Crippen LogP contribution < -0.4 is 5.32 Å². The smallest absolute Gasteiger partial charge is 0.266 e. The number of anilines is 1. The van der Waals surface area contributed by atoms with Crippen LogP contribution in [-0.4, -0.2) is 21.4 Å². The van der Waals surface area contributed by atoms with E-state index in [0.717, 1.165) is 12.5 Å². The molecule has 1 heterocycles. The van der Waals surface area contributed by atoms with E-state index in [1.165, 1.54) is 29.2 Å². The molecule has 2 aliphatic carbocycles. The van der Waals surface area contributed by atoms with Crippen molar-refractivity contribution in [2.75, 3.05) is 5.32 Å². The van der Waals surface area contributed by atoms with Crippen LogP contribution in [-0.2, 0) is 11.3 Å². The van der Waals surface area contributed by atoms with Crippen LogP contribution in [0.4, 0.5) is 23.4 Å². The minimum atomic E-state index is -2.95. The minimum Gasteiger partial charge on any atom is -0.331 e. The van der Waals surface area contributed by atoms with E-state index >= 15 is 0 Å². The summed E-state index contributed by atoms with van der Waals surface area (Å²) in [6.07, 6.45) is 4.27. The van der Waals surface area contributed by atoms with Crippen LogP contribution in [0.3, 0.4) is 0 Å². The van der Waals surface area contributed by atoms with Crippen LogP contribution in [0.15, 0.2) is 30.7 Å². The highest BCUT2D eigenvalue weighted by Crippen LogP contribution is 2.75. The Morgan fingerprint density at radius 1 is 1.24 bits per heavy atom. The number of alkyl halides is 2. The number of halogens is 4. The van der Waals surface area contributed by atoms with Gasteiger partial charge in [-0.3, -0.25) is 4.79 Å². The number of carbonyl (C=O) groups excluding carboxylic acids is 1. The second kappa shape index (κ2) is 5.31. The summed E-state index contributed by atoms with van der Waals surface area (Å²) >= 11 is 0. The van der Waals surface area contributed by atoms with Crippen molar-refractivity contribution in [3.05, 3.63) is 47.9 Å². The van der Waals surface area contributed by atoms with Gasteiger partial charge < -0.3 is 9.88 Å². The minimum absolute atomic E-state index is 0.138. The molecule has 2 aromatic rings. The van der Waals surface area contributed by atoms with Crippen molar-refractivity contribution in [1.82, 2.24) is 9.55 Å². The Hall–Kier alpha value is -2.38. The van der Waals surface area contributed by atoms with Gasteiger partial charge >= 0.3 is 0 Å². The van der Waals surface area contributed by atoms with Gasteiger partial charge in [-0.05, 0) is 30.5 Å². The summed E-state index contributed by atoms with van der Waals surface area (Å²) in [6.45, 7) is 0.140. The van der Waals surface area contributed by atoms with Crippen molar-refractivity contribution in [3.8, 4) is 0 Å². The molecule has 0 saturated heterocycles. The number of nitrogens with zero attached hydrogens (tertiary/aromatic N) is 2. The molecule has 1 atom stereocenters. The van der Waals surface area contributed by atoms with Crippen molar-refractivity contribution < 1.29 is 22.4 Å². The lowest BCUT2D eigenvalue weighted by Gasteiger charge is -2.25. The molecule has 25 heavy (non-hydrogen) atoms. The van der Waals surface area contributed by atoms with E-state index in [0.29, 0.717) is 18.4 Å². The molecular weight excluding hydrogens is 338 g/mol. The third-order valence-electron chi connectivity index (χ3n) is 5.18. The molecule has 1 N–H and O–H groups in total. The second-order valence-corrected chi connectivity index (χ2v) is 6.76. The van der Waals surface area contributed by atoms with Gasteiger partial charge in [-0.1, -0.05) is 6.42 Å². The average Bonchev–Trinajstić information content (AvgIpc) is 2.74. The molecule has 2 fully saturated rings. The van der Waals surface area contributed by atoms with Crippen molar-refractivity contribution in [3.63, 3.8) is 0 Å². The standard InChI is InChI=1S/C17H15F4N3O/c18-11-4-10(5-12(19)6-11)7-24-8-13(22-9-24)23-15(25)14-16(2-1-3-16)17(14,20)21/h4-6,8-9,14H,1-3,7H2,(H,23,25)/t14-/m1/s1. The maximum atomic E-state index is 13.9. The molecule has 0 unspecified atom stereocenters. The lowest BCUT2D eigenvalue weighted by molar-refractivity contribution is -0.119. The predicted octanol–water partition coefficient (Wildman–Crippen LogP) is 3.58. The highest BCUT2D eigenvalue weighted by Gasteiger charge is 2.84. The zero-order chi connectivity index (χ0) is 17.8. The molecule has 2 aliphatic rings. The molecule has 1 spiro atoms. The summed E-state index contributed by atoms with van der Waals surface area (Å²) in [5.41, 5.74) is -0.770. The van der Waals surface area contributed by atoms with Crippen LogP contribution in [0.2, 0.25) is 0 Å². The number of amides is 1.